The molecule has 2 fully saturated rings. The summed E-state index contributed by atoms with van der Waals surface area (Å²) in [6.45, 7) is 9.71. The third-order valence-electron chi connectivity index (χ3n) is 4.84. The van der Waals surface area contributed by atoms with E-state index >= 15 is 0 Å². The van der Waals surface area contributed by atoms with Crippen LogP contribution >= 0.6 is 0 Å². The summed E-state index contributed by atoms with van der Waals surface area (Å²) < 4.78 is 0. The van der Waals surface area contributed by atoms with E-state index < -0.39 is 0 Å². The minimum absolute atomic E-state index is 0.635. The van der Waals surface area contributed by atoms with E-state index in [1.807, 2.05) is 0 Å². The fraction of sp³-hybridized carbons (Fsp3) is 1.00. The lowest BCUT2D eigenvalue weighted by atomic mass is 9.78. The van der Waals surface area contributed by atoms with Crippen LogP contribution in [0.15, 0.2) is 0 Å². The normalized spacial score (nSPS) is 27.8. The number of piperidine rings is 1. The third kappa shape index (κ3) is 4.24. The van der Waals surface area contributed by atoms with Gasteiger partial charge in [0.1, 0.15) is 0 Å². The highest BCUT2D eigenvalue weighted by atomic mass is 14.9. The summed E-state index contributed by atoms with van der Waals surface area (Å²) in [7, 11) is 0. The molecule has 0 radical (unpaired) electrons. The van der Waals surface area contributed by atoms with Gasteiger partial charge in [0.2, 0.25) is 0 Å². The molecule has 1 unspecified atom stereocenters. The highest BCUT2D eigenvalue weighted by Gasteiger charge is 2.33. The summed E-state index contributed by atoms with van der Waals surface area (Å²) in [5.41, 5.74) is 0.635. The first-order valence-electron chi connectivity index (χ1n) is 8.12. The largest absolute Gasteiger partial charge is 0.316 e. The van der Waals surface area contributed by atoms with Crippen LogP contribution in [-0.2, 0) is 0 Å². The van der Waals surface area contributed by atoms with Gasteiger partial charge in [0, 0.05) is 6.54 Å². The molecule has 18 heavy (non-hydrogen) atoms. The zero-order valence-corrected chi connectivity index (χ0v) is 12.4. The van der Waals surface area contributed by atoms with Gasteiger partial charge in [0.15, 0.2) is 0 Å². The summed E-state index contributed by atoms with van der Waals surface area (Å²) in [6.07, 6.45) is 10.0. The van der Waals surface area contributed by atoms with Crippen molar-refractivity contribution in [1.82, 2.24) is 10.6 Å². The van der Waals surface area contributed by atoms with E-state index in [1.54, 1.807) is 0 Å². The Morgan fingerprint density at radius 2 is 2.00 bits per heavy atom. The van der Waals surface area contributed by atoms with Gasteiger partial charge in [-0.25, -0.2) is 0 Å². The minimum atomic E-state index is 0.635. The number of hydrogen-bond acceptors (Lipinski definition) is 2. The van der Waals surface area contributed by atoms with Crippen LogP contribution in [0.2, 0.25) is 0 Å². The van der Waals surface area contributed by atoms with Gasteiger partial charge in [-0.05, 0) is 69.0 Å². The molecule has 1 aliphatic heterocycles. The topological polar surface area (TPSA) is 24.1 Å². The second-order valence-corrected chi connectivity index (χ2v) is 7.15. The quantitative estimate of drug-likeness (QED) is 0.758. The Bertz CT molecular complexity index is 225. The Kier molecular flexibility index (Phi) is 5.50. The van der Waals surface area contributed by atoms with Crippen LogP contribution < -0.4 is 10.6 Å². The molecule has 0 aromatic heterocycles. The zero-order valence-electron chi connectivity index (χ0n) is 12.4. The van der Waals surface area contributed by atoms with Crippen molar-refractivity contribution >= 4 is 0 Å². The van der Waals surface area contributed by atoms with Crippen molar-refractivity contribution in [3.05, 3.63) is 0 Å². The number of hydrogen-bond donors (Lipinski definition) is 2. The van der Waals surface area contributed by atoms with Gasteiger partial charge in [-0.15, -0.1) is 0 Å². The van der Waals surface area contributed by atoms with Crippen LogP contribution in [0.4, 0.5) is 0 Å². The van der Waals surface area contributed by atoms with Crippen molar-refractivity contribution in [1.29, 1.82) is 0 Å². The predicted octanol–water partition coefficient (Wildman–Crippen LogP) is 3.18. The fourth-order valence-electron chi connectivity index (χ4n) is 4.08. The van der Waals surface area contributed by atoms with Crippen molar-refractivity contribution in [3.63, 3.8) is 0 Å². The number of rotatable bonds is 6. The lowest BCUT2D eigenvalue weighted by molar-refractivity contribution is 0.216. The van der Waals surface area contributed by atoms with Crippen LogP contribution in [-0.4, -0.2) is 26.2 Å². The van der Waals surface area contributed by atoms with Gasteiger partial charge in [0.05, 0.1) is 0 Å². The highest BCUT2D eigenvalue weighted by Crippen LogP contribution is 2.42. The van der Waals surface area contributed by atoms with E-state index in [9.17, 15) is 0 Å². The highest BCUT2D eigenvalue weighted by molar-refractivity contribution is 4.88. The SMILES string of the molecule is CC(C)CC1(CNCC2CCCNC2)CCCC1. The predicted molar refractivity (Wildman–Crippen MR) is 78.8 cm³/mol. The molecule has 2 rings (SSSR count). The van der Waals surface area contributed by atoms with Crippen molar-refractivity contribution in [2.24, 2.45) is 17.3 Å². The van der Waals surface area contributed by atoms with Gasteiger partial charge in [-0.1, -0.05) is 26.7 Å². The van der Waals surface area contributed by atoms with Gasteiger partial charge >= 0.3 is 0 Å². The molecule has 0 aromatic rings. The standard InChI is InChI=1S/C16H32N2/c1-14(2)10-16(7-3-4-8-16)13-18-12-15-6-5-9-17-11-15/h14-15,17-18H,3-13H2,1-2H3. The van der Waals surface area contributed by atoms with Crippen molar-refractivity contribution < 1.29 is 0 Å². The molecule has 0 bridgehead atoms. The maximum absolute atomic E-state index is 3.80. The van der Waals surface area contributed by atoms with Crippen LogP contribution in [0.3, 0.4) is 0 Å². The second kappa shape index (κ2) is 6.91. The molecule has 1 saturated heterocycles. The van der Waals surface area contributed by atoms with Crippen molar-refractivity contribution in [2.75, 3.05) is 26.2 Å². The van der Waals surface area contributed by atoms with E-state index in [2.05, 4.69) is 24.5 Å². The second-order valence-electron chi connectivity index (χ2n) is 7.15. The molecule has 2 nitrogen and oxygen atoms in total. The molecule has 2 N–H and O–H groups in total. The van der Waals surface area contributed by atoms with Crippen molar-refractivity contribution in [3.8, 4) is 0 Å². The molecule has 1 aliphatic carbocycles. The van der Waals surface area contributed by atoms with E-state index in [0.717, 1.165) is 11.8 Å². The Balaban J connectivity index is 1.72. The monoisotopic (exact) mass is 252 g/mol. The Labute approximate surface area is 113 Å². The van der Waals surface area contributed by atoms with Gasteiger partial charge < -0.3 is 10.6 Å². The summed E-state index contributed by atoms with van der Waals surface area (Å²) >= 11 is 0. The third-order valence-corrected chi connectivity index (χ3v) is 4.84. The molecule has 1 heterocycles. The smallest absolute Gasteiger partial charge is 0.000803 e. The van der Waals surface area contributed by atoms with E-state index in [4.69, 9.17) is 0 Å². The molecule has 0 spiro atoms. The molecule has 106 valence electrons. The maximum atomic E-state index is 3.80. The summed E-state index contributed by atoms with van der Waals surface area (Å²) in [4.78, 5) is 0. The van der Waals surface area contributed by atoms with E-state index in [0.29, 0.717) is 5.41 Å². The molecule has 0 aromatic carbocycles. The Morgan fingerprint density at radius 1 is 1.22 bits per heavy atom. The van der Waals surface area contributed by atoms with E-state index in [-0.39, 0.29) is 0 Å². The first-order valence-corrected chi connectivity index (χ1v) is 8.12. The van der Waals surface area contributed by atoms with Crippen LogP contribution in [0, 0.1) is 17.3 Å². The average Bonchev–Trinajstić information content (AvgIpc) is 2.78. The summed E-state index contributed by atoms with van der Waals surface area (Å²) in [5.74, 6) is 1.72. The Hall–Kier alpha value is -0.0800. The van der Waals surface area contributed by atoms with Crippen molar-refractivity contribution in [2.45, 2.75) is 58.8 Å². The average molecular weight is 252 g/mol. The molecular weight excluding hydrogens is 220 g/mol. The maximum Gasteiger partial charge on any atom is 0.000803 e. The first kappa shape index (κ1) is 14.3. The van der Waals surface area contributed by atoms with Gasteiger partial charge in [-0.2, -0.15) is 0 Å². The molecule has 2 heteroatoms. The lowest BCUT2D eigenvalue weighted by Gasteiger charge is -2.32. The molecule has 0 amide bonds. The van der Waals surface area contributed by atoms with Crippen LogP contribution in [0.1, 0.15) is 58.8 Å². The summed E-state index contributed by atoms with van der Waals surface area (Å²) in [5, 5.41) is 7.32. The van der Waals surface area contributed by atoms with Gasteiger partial charge in [0.25, 0.3) is 0 Å². The number of nitrogens with one attached hydrogen (secondary N) is 2. The Morgan fingerprint density at radius 3 is 2.61 bits per heavy atom. The zero-order chi connectivity index (χ0) is 12.8. The van der Waals surface area contributed by atoms with Crippen LogP contribution in [0.25, 0.3) is 0 Å². The first-order chi connectivity index (χ1) is 8.70. The van der Waals surface area contributed by atoms with E-state index in [1.165, 1.54) is 71.1 Å². The van der Waals surface area contributed by atoms with Gasteiger partial charge in [-0.3, -0.25) is 0 Å². The molecule has 2 aliphatic rings. The lowest BCUT2D eigenvalue weighted by Crippen LogP contribution is -2.40. The molecule has 1 atom stereocenters. The minimum Gasteiger partial charge on any atom is -0.316 e. The summed E-state index contributed by atoms with van der Waals surface area (Å²) in [6, 6.07) is 0. The molecular formula is C16H32N2. The fourth-order valence-corrected chi connectivity index (χ4v) is 4.08. The molecule has 1 saturated carbocycles. The van der Waals surface area contributed by atoms with Crippen LogP contribution in [0.5, 0.6) is 0 Å².